The van der Waals surface area contributed by atoms with Crippen LogP contribution in [-0.2, 0) is 0 Å². The quantitative estimate of drug-likeness (QED) is 0.665. The summed E-state index contributed by atoms with van der Waals surface area (Å²) in [4.78, 5) is 23.0. The Kier molecular flexibility index (Phi) is 5.03. The first-order valence-electron chi connectivity index (χ1n) is 9.98. The lowest BCUT2D eigenvalue weighted by molar-refractivity contribution is 0.0520. The van der Waals surface area contributed by atoms with Crippen LogP contribution in [-0.4, -0.2) is 64.1 Å². The topological polar surface area (TPSA) is 112 Å². The molecule has 1 amide bonds. The molecule has 1 aromatic carbocycles. The lowest BCUT2D eigenvalue weighted by atomic mass is 10.1. The predicted octanol–water partition coefficient (Wildman–Crippen LogP) is 2.29. The molecular formula is C21H21N5O5. The SMILES string of the molecule is COc1nccc(OC2CCCN(C(=O)c3cc(-c4ccc5c(c4)OCO5)n[nH]3)C2)n1. The van der Waals surface area contributed by atoms with E-state index in [9.17, 15) is 4.79 Å². The van der Waals surface area contributed by atoms with Crippen LogP contribution in [0.5, 0.6) is 23.4 Å². The Labute approximate surface area is 178 Å². The van der Waals surface area contributed by atoms with E-state index in [1.807, 2.05) is 18.2 Å². The summed E-state index contributed by atoms with van der Waals surface area (Å²) in [6.07, 6.45) is 3.09. The zero-order chi connectivity index (χ0) is 21.2. The number of carbonyl (C=O) groups excluding carboxylic acids is 1. The molecule has 2 aromatic heterocycles. The Bertz CT molecular complexity index is 1100. The lowest BCUT2D eigenvalue weighted by Gasteiger charge is -2.32. The van der Waals surface area contributed by atoms with E-state index in [4.69, 9.17) is 18.9 Å². The summed E-state index contributed by atoms with van der Waals surface area (Å²) in [5, 5.41) is 7.16. The monoisotopic (exact) mass is 423 g/mol. The van der Waals surface area contributed by atoms with E-state index >= 15 is 0 Å². The summed E-state index contributed by atoms with van der Waals surface area (Å²) in [6.45, 7) is 1.33. The fraction of sp³-hybridized carbons (Fsp3) is 0.333. The van der Waals surface area contributed by atoms with Crippen LogP contribution in [0.4, 0.5) is 0 Å². The van der Waals surface area contributed by atoms with Gasteiger partial charge in [-0.05, 0) is 37.1 Å². The van der Waals surface area contributed by atoms with Gasteiger partial charge in [-0.2, -0.15) is 10.1 Å². The zero-order valence-electron chi connectivity index (χ0n) is 16.9. The lowest BCUT2D eigenvalue weighted by Crippen LogP contribution is -2.44. The number of carbonyl (C=O) groups is 1. The van der Waals surface area contributed by atoms with Crippen LogP contribution in [0.1, 0.15) is 23.3 Å². The second kappa shape index (κ2) is 8.13. The summed E-state index contributed by atoms with van der Waals surface area (Å²) in [5.41, 5.74) is 1.94. The smallest absolute Gasteiger partial charge is 0.319 e. The highest BCUT2D eigenvalue weighted by atomic mass is 16.7. The molecule has 2 aliphatic rings. The number of piperidine rings is 1. The van der Waals surface area contributed by atoms with E-state index < -0.39 is 0 Å². The highest BCUT2D eigenvalue weighted by molar-refractivity contribution is 5.93. The molecule has 1 fully saturated rings. The van der Waals surface area contributed by atoms with Crippen molar-refractivity contribution in [2.75, 3.05) is 27.0 Å². The molecule has 160 valence electrons. The third-order valence-electron chi connectivity index (χ3n) is 5.22. The number of ether oxygens (including phenoxy) is 4. The van der Waals surface area contributed by atoms with E-state index in [1.165, 1.54) is 7.11 Å². The highest BCUT2D eigenvalue weighted by Gasteiger charge is 2.27. The molecule has 0 saturated carbocycles. The normalized spacial score (nSPS) is 17.5. The standard InChI is InChI=1S/C21H21N5O5/c1-28-21-22-7-6-19(23-21)31-14-3-2-8-26(11-14)20(27)16-10-15(24-25-16)13-4-5-17-18(9-13)30-12-29-17/h4-7,9-10,14H,2-3,8,11-12H2,1H3,(H,24,25). The van der Waals surface area contributed by atoms with Gasteiger partial charge < -0.3 is 23.8 Å². The first-order valence-corrected chi connectivity index (χ1v) is 9.98. The number of likely N-dealkylation sites (tertiary alicyclic amines) is 1. The predicted molar refractivity (Wildman–Crippen MR) is 108 cm³/mol. The molecule has 1 saturated heterocycles. The van der Waals surface area contributed by atoms with E-state index in [-0.39, 0.29) is 24.8 Å². The average Bonchev–Trinajstić information content (AvgIpc) is 3.48. The Hall–Kier alpha value is -3.82. The third kappa shape index (κ3) is 3.96. The average molecular weight is 423 g/mol. The molecule has 2 aliphatic heterocycles. The van der Waals surface area contributed by atoms with Crippen LogP contribution < -0.4 is 18.9 Å². The summed E-state index contributed by atoms with van der Waals surface area (Å²) < 4.78 is 21.7. The van der Waals surface area contributed by atoms with E-state index in [0.29, 0.717) is 41.9 Å². The van der Waals surface area contributed by atoms with Crippen molar-refractivity contribution < 1.29 is 23.7 Å². The van der Waals surface area contributed by atoms with E-state index in [0.717, 1.165) is 18.4 Å². The fourth-order valence-corrected chi connectivity index (χ4v) is 3.68. The van der Waals surface area contributed by atoms with E-state index in [1.54, 1.807) is 23.2 Å². The highest BCUT2D eigenvalue weighted by Crippen LogP contribution is 2.35. The van der Waals surface area contributed by atoms with Crippen LogP contribution in [0.25, 0.3) is 11.3 Å². The second-order valence-corrected chi connectivity index (χ2v) is 7.25. The number of hydrogen-bond donors (Lipinski definition) is 1. The Morgan fingerprint density at radius 2 is 2.13 bits per heavy atom. The number of hydrogen-bond acceptors (Lipinski definition) is 8. The van der Waals surface area contributed by atoms with Gasteiger partial charge in [0.25, 0.3) is 5.91 Å². The van der Waals surface area contributed by atoms with Crippen LogP contribution in [0.2, 0.25) is 0 Å². The number of nitrogens with one attached hydrogen (secondary N) is 1. The first-order chi connectivity index (χ1) is 15.2. The van der Waals surface area contributed by atoms with Gasteiger partial charge in [-0.1, -0.05) is 0 Å². The largest absolute Gasteiger partial charge is 0.472 e. The minimum absolute atomic E-state index is 0.118. The number of aromatic nitrogens is 4. The van der Waals surface area contributed by atoms with Crippen LogP contribution in [0.3, 0.4) is 0 Å². The van der Waals surface area contributed by atoms with Gasteiger partial charge in [0.2, 0.25) is 12.7 Å². The molecule has 0 radical (unpaired) electrons. The molecule has 1 atom stereocenters. The van der Waals surface area contributed by atoms with E-state index in [2.05, 4.69) is 20.2 Å². The van der Waals surface area contributed by atoms with Crippen molar-refractivity contribution in [2.45, 2.75) is 18.9 Å². The van der Waals surface area contributed by atoms with Crippen molar-refractivity contribution in [3.63, 3.8) is 0 Å². The Morgan fingerprint density at radius 1 is 1.23 bits per heavy atom. The van der Waals surface area contributed by atoms with Crippen LogP contribution in [0, 0.1) is 0 Å². The van der Waals surface area contributed by atoms with Gasteiger partial charge in [0, 0.05) is 24.4 Å². The maximum Gasteiger partial charge on any atom is 0.319 e. The molecule has 3 aromatic rings. The molecule has 0 bridgehead atoms. The van der Waals surface area contributed by atoms with Crippen molar-refractivity contribution >= 4 is 5.91 Å². The maximum atomic E-state index is 13.0. The number of methoxy groups -OCH3 is 1. The molecule has 10 nitrogen and oxygen atoms in total. The number of H-pyrrole nitrogens is 1. The Balaban J connectivity index is 1.27. The zero-order valence-corrected chi connectivity index (χ0v) is 16.9. The number of amides is 1. The molecule has 31 heavy (non-hydrogen) atoms. The molecule has 1 unspecified atom stereocenters. The number of benzene rings is 1. The van der Waals surface area contributed by atoms with Crippen molar-refractivity contribution in [1.82, 2.24) is 25.1 Å². The number of aromatic amines is 1. The number of nitrogens with zero attached hydrogens (tertiary/aromatic N) is 4. The van der Waals surface area contributed by atoms with Crippen molar-refractivity contribution in [1.29, 1.82) is 0 Å². The van der Waals surface area contributed by atoms with Crippen LogP contribution >= 0.6 is 0 Å². The second-order valence-electron chi connectivity index (χ2n) is 7.25. The van der Waals surface area contributed by atoms with Gasteiger partial charge in [-0.3, -0.25) is 9.89 Å². The van der Waals surface area contributed by atoms with Gasteiger partial charge in [-0.15, -0.1) is 0 Å². The molecule has 10 heteroatoms. The summed E-state index contributed by atoms with van der Waals surface area (Å²) in [6, 6.07) is 9.25. The first kappa shape index (κ1) is 19.2. The minimum Gasteiger partial charge on any atom is -0.472 e. The van der Waals surface area contributed by atoms with Crippen molar-refractivity contribution in [3.05, 3.63) is 42.2 Å². The van der Waals surface area contributed by atoms with Gasteiger partial charge >= 0.3 is 6.01 Å². The van der Waals surface area contributed by atoms with Crippen LogP contribution in [0.15, 0.2) is 36.5 Å². The Morgan fingerprint density at radius 3 is 3.03 bits per heavy atom. The van der Waals surface area contributed by atoms with Gasteiger partial charge in [0.15, 0.2) is 11.5 Å². The molecule has 0 aliphatic carbocycles. The molecule has 1 N–H and O–H groups in total. The van der Waals surface area contributed by atoms with Crippen molar-refractivity contribution in [2.24, 2.45) is 0 Å². The summed E-state index contributed by atoms with van der Waals surface area (Å²) in [5.74, 6) is 1.69. The molecular weight excluding hydrogens is 402 g/mol. The number of fused-ring (bicyclic) bond motifs is 1. The van der Waals surface area contributed by atoms with Gasteiger partial charge in [-0.25, -0.2) is 4.98 Å². The number of rotatable bonds is 5. The molecule has 0 spiro atoms. The minimum atomic E-state index is -0.159. The maximum absolute atomic E-state index is 13.0. The van der Waals surface area contributed by atoms with Crippen molar-refractivity contribution in [3.8, 4) is 34.6 Å². The molecule has 4 heterocycles. The van der Waals surface area contributed by atoms with Gasteiger partial charge in [0.05, 0.1) is 19.3 Å². The van der Waals surface area contributed by atoms with Gasteiger partial charge in [0.1, 0.15) is 11.8 Å². The summed E-state index contributed by atoms with van der Waals surface area (Å²) >= 11 is 0. The summed E-state index contributed by atoms with van der Waals surface area (Å²) in [7, 11) is 1.50. The fourth-order valence-electron chi connectivity index (χ4n) is 3.68. The molecule has 5 rings (SSSR count). The third-order valence-corrected chi connectivity index (χ3v) is 5.22.